The van der Waals surface area contributed by atoms with Gasteiger partial charge in [-0.1, -0.05) is 37.3 Å². The molecule has 0 heterocycles. The fourth-order valence-corrected chi connectivity index (χ4v) is 2.30. The normalized spacial score (nSPS) is 10.5. The van der Waals surface area contributed by atoms with Crippen LogP contribution in [0.5, 0.6) is 0 Å². The van der Waals surface area contributed by atoms with Gasteiger partial charge in [0.15, 0.2) is 6.61 Å². The minimum Gasteiger partial charge on any atom is -0.452 e. The third kappa shape index (κ3) is 7.03. The number of anilines is 1. The number of hydrogen-bond donors (Lipinski definition) is 2. The van der Waals surface area contributed by atoms with E-state index >= 15 is 0 Å². The van der Waals surface area contributed by atoms with Gasteiger partial charge in [-0.2, -0.15) is 0 Å². The van der Waals surface area contributed by atoms with Crippen molar-refractivity contribution in [1.82, 2.24) is 5.32 Å². The molecule has 0 aliphatic rings. The molecular formula is C21H21FN2O4. The third-order valence-corrected chi connectivity index (χ3v) is 3.75. The van der Waals surface area contributed by atoms with E-state index in [1.807, 2.05) is 25.1 Å². The Morgan fingerprint density at radius 1 is 1.04 bits per heavy atom. The third-order valence-electron chi connectivity index (χ3n) is 3.75. The minimum atomic E-state index is -0.721. The highest BCUT2D eigenvalue weighted by Gasteiger charge is 2.09. The maximum absolute atomic E-state index is 12.8. The van der Waals surface area contributed by atoms with Crippen molar-refractivity contribution in [3.05, 3.63) is 71.6 Å². The van der Waals surface area contributed by atoms with Crippen LogP contribution in [0.25, 0.3) is 6.08 Å². The number of esters is 1. The summed E-state index contributed by atoms with van der Waals surface area (Å²) in [6, 6.07) is 12.9. The van der Waals surface area contributed by atoms with Crippen molar-refractivity contribution in [3.63, 3.8) is 0 Å². The van der Waals surface area contributed by atoms with Gasteiger partial charge in [0.05, 0.1) is 6.54 Å². The average molecular weight is 384 g/mol. The molecule has 0 fully saturated rings. The lowest BCUT2D eigenvalue weighted by Gasteiger charge is -2.10. The van der Waals surface area contributed by atoms with E-state index in [2.05, 4.69) is 10.6 Å². The van der Waals surface area contributed by atoms with E-state index in [1.54, 1.807) is 6.07 Å². The Morgan fingerprint density at radius 2 is 1.75 bits per heavy atom. The Hall–Kier alpha value is -3.48. The monoisotopic (exact) mass is 384 g/mol. The van der Waals surface area contributed by atoms with Gasteiger partial charge in [0.1, 0.15) is 5.82 Å². The van der Waals surface area contributed by atoms with Crippen molar-refractivity contribution in [1.29, 1.82) is 0 Å². The summed E-state index contributed by atoms with van der Waals surface area (Å²) >= 11 is 0. The molecule has 2 rings (SSSR count). The number of carbonyl (C=O) groups is 3. The molecule has 0 aromatic heterocycles. The highest BCUT2D eigenvalue weighted by molar-refractivity contribution is 5.95. The molecule has 7 heteroatoms. The highest BCUT2D eigenvalue weighted by atomic mass is 19.1. The number of hydrogen-bond acceptors (Lipinski definition) is 4. The number of aryl methyl sites for hydroxylation is 1. The molecule has 6 nitrogen and oxygen atoms in total. The van der Waals surface area contributed by atoms with Crippen molar-refractivity contribution in [2.75, 3.05) is 18.5 Å². The van der Waals surface area contributed by atoms with Crippen LogP contribution in [0.3, 0.4) is 0 Å². The van der Waals surface area contributed by atoms with Gasteiger partial charge in [-0.15, -0.1) is 0 Å². The van der Waals surface area contributed by atoms with E-state index in [1.165, 1.54) is 30.3 Å². The second kappa shape index (κ2) is 10.6. The van der Waals surface area contributed by atoms with Crippen LogP contribution < -0.4 is 10.6 Å². The van der Waals surface area contributed by atoms with Gasteiger partial charge in [0.2, 0.25) is 5.91 Å². The SMILES string of the molecule is CCc1ccccc1NC(=O)CNC(=O)COC(=O)/C=C/c1ccc(F)cc1. The largest absolute Gasteiger partial charge is 0.452 e. The van der Waals surface area contributed by atoms with Gasteiger partial charge >= 0.3 is 5.97 Å². The van der Waals surface area contributed by atoms with Crippen LogP contribution in [0, 0.1) is 5.82 Å². The second-order valence-electron chi connectivity index (χ2n) is 5.83. The molecule has 0 atom stereocenters. The Balaban J connectivity index is 1.71. The number of para-hydroxylation sites is 1. The lowest BCUT2D eigenvalue weighted by Crippen LogP contribution is -2.35. The first kappa shape index (κ1) is 20.8. The van der Waals surface area contributed by atoms with Gasteiger partial charge in [-0.05, 0) is 41.8 Å². The Morgan fingerprint density at radius 3 is 2.46 bits per heavy atom. The van der Waals surface area contributed by atoms with Crippen LogP contribution in [0.4, 0.5) is 10.1 Å². The van der Waals surface area contributed by atoms with E-state index in [-0.39, 0.29) is 18.3 Å². The number of nitrogens with one attached hydrogen (secondary N) is 2. The molecule has 0 aliphatic heterocycles. The van der Waals surface area contributed by atoms with Crippen LogP contribution >= 0.6 is 0 Å². The Bertz CT molecular complexity index is 863. The fraction of sp³-hybridized carbons (Fsp3) is 0.190. The number of ether oxygens (including phenoxy) is 1. The summed E-state index contributed by atoms with van der Waals surface area (Å²) in [4.78, 5) is 35.2. The van der Waals surface area contributed by atoms with Gasteiger partial charge < -0.3 is 15.4 Å². The second-order valence-corrected chi connectivity index (χ2v) is 5.83. The van der Waals surface area contributed by atoms with Gasteiger partial charge in [-0.25, -0.2) is 9.18 Å². The van der Waals surface area contributed by atoms with E-state index in [0.29, 0.717) is 11.3 Å². The summed E-state index contributed by atoms with van der Waals surface area (Å²) in [7, 11) is 0. The lowest BCUT2D eigenvalue weighted by molar-refractivity contribution is -0.143. The first-order valence-corrected chi connectivity index (χ1v) is 8.72. The number of rotatable bonds is 8. The lowest BCUT2D eigenvalue weighted by atomic mass is 10.1. The topological polar surface area (TPSA) is 84.5 Å². The van der Waals surface area contributed by atoms with Crippen molar-refractivity contribution in [3.8, 4) is 0 Å². The first-order valence-electron chi connectivity index (χ1n) is 8.72. The van der Waals surface area contributed by atoms with Gasteiger partial charge in [0.25, 0.3) is 5.91 Å². The molecule has 0 saturated heterocycles. The zero-order valence-electron chi connectivity index (χ0n) is 15.4. The maximum Gasteiger partial charge on any atom is 0.331 e. The summed E-state index contributed by atoms with van der Waals surface area (Å²) in [6.45, 7) is 1.23. The first-order chi connectivity index (χ1) is 13.5. The molecule has 0 radical (unpaired) electrons. The molecule has 0 aliphatic carbocycles. The maximum atomic E-state index is 12.8. The number of carbonyl (C=O) groups excluding carboxylic acids is 3. The quantitative estimate of drug-likeness (QED) is 0.541. The van der Waals surface area contributed by atoms with Crippen molar-refractivity contribution >= 4 is 29.5 Å². The molecule has 0 bridgehead atoms. The molecular weight excluding hydrogens is 363 g/mol. The fourth-order valence-electron chi connectivity index (χ4n) is 2.30. The molecule has 2 aromatic carbocycles. The molecule has 2 N–H and O–H groups in total. The standard InChI is InChI=1S/C21H21FN2O4/c1-2-16-5-3-4-6-18(16)24-19(25)13-23-20(26)14-28-21(27)12-9-15-7-10-17(22)11-8-15/h3-12H,2,13-14H2,1H3,(H,23,26)(H,24,25)/b12-9+. The predicted octanol–water partition coefficient (Wildman–Crippen LogP) is 2.70. The average Bonchev–Trinajstić information content (AvgIpc) is 2.70. The van der Waals surface area contributed by atoms with Crippen LogP contribution in [-0.4, -0.2) is 30.9 Å². The predicted molar refractivity (Wildman–Crippen MR) is 104 cm³/mol. The van der Waals surface area contributed by atoms with Crippen LogP contribution in [0.15, 0.2) is 54.6 Å². The van der Waals surface area contributed by atoms with Crippen LogP contribution in [0.2, 0.25) is 0 Å². The van der Waals surface area contributed by atoms with E-state index in [9.17, 15) is 18.8 Å². The summed E-state index contributed by atoms with van der Waals surface area (Å²) in [5, 5.41) is 5.11. The van der Waals surface area contributed by atoms with Gasteiger partial charge in [0, 0.05) is 11.8 Å². The smallest absolute Gasteiger partial charge is 0.331 e. The molecule has 0 spiro atoms. The zero-order valence-corrected chi connectivity index (χ0v) is 15.4. The van der Waals surface area contributed by atoms with Gasteiger partial charge in [-0.3, -0.25) is 9.59 Å². The molecule has 146 valence electrons. The van der Waals surface area contributed by atoms with Crippen LogP contribution in [-0.2, 0) is 25.5 Å². The van der Waals surface area contributed by atoms with Crippen molar-refractivity contribution in [2.45, 2.75) is 13.3 Å². The van der Waals surface area contributed by atoms with Crippen LogP contribution in [0.1, 0.15) is 18.1 Å². The van der Waals surface area contributed by atoms with E-state index < -0.39 is 18.5 Å². The Kier molecular flexibility index (Phi) is 7.90. The summed E-state index contributed by atoms with van der Waals surface area (Å²) in [6.07, 6.45) is 3.34. The number of amides is 2. The van der Waals surface area contributed by atoms with Crippen molar-refractivity contribution < 1.29 is 23.5 Å². The zero-order chi connectivity index (χ0) is 20.4. The molecule has 0 saturated carbocycles. The molecule has 28 heavy (non-hydrogen) atoms. The Labute approximate surface area is 162 Å². The van der Waals surface area contributed by atoms with Crippen molar-refractivity contribution in [2.24, 2.45) is 0 Å². The molecule has 2 aromatic rings. The molecule has 2 amide bonds. The summed E-state index contributed by atoms with van der Waals surface area (Å²) < 4.78 is 17.6. The molecule has 0 unspecified atom stereocenters. The van der Waals surface area contributed by atoms with E-state index in [4.69, 9.17) is 4.74 Å². The summed E-state index contributed by atoms with van der Waals surface area (Å²) in [5.41, 5.74) is 2.30. The van der Waals surface area contributed by atoms with E-state index in [0.717, 1.165) is 18.1 Å². The minimum absolute atomic E-state index is 0.236. The highest BCUT2D eigenvalue weighted by Crippen LogP contribution is 2.14. The summed E-state index contributed by atoms with van der Waals surface area (Å²) in [5.74, 6) is -2.07. The number of halogens is 1. The number of benzene rings is 2.